The second-order valence-electron chi connectivity index (χ2n) is 2.30. The van der Waals surface area contributed by atoms with E-state index >= 15 is 0 Å². The number of hydrogen-bond acceptors (Lipinski definition) is 1. The van der Waals surface area contributed by atoms with E-state index in [0.29, 0.717) is 0 Å². The molecular formula is C5H9F4N. The normalized spacial score (nSPS) is 13.2. The summed E-state index contributed by atoms with van der Waals surface area (Å²) in [5.41, 5.74) is 0. The fraction of sp³-hybridized carbons (Fsp3) is 1.00. The van der Waals surface area contributed by atoms with Gasteiger partial charge in [-0.2, -0.15) is 8.78 Å². The number of nitrogens with zero attached hydrogens (tertiary/aromatic N) is 1. The average Bonchev–Trinajstić information content (AvgIpc) is 1.60. The van der Waals surface area contributed by atoms with Gasteiger partial charge in [0.25, 0.3) is 0 Å². The van der Waals surface area contributed by atoms with E-state index in [4.69, 9.17) is 0 Å². The van der Waals surface area contributed by atoms with E-state index in [-0.39, 0.29) is 0 Å². The van der Waals surface area contributed by atoms with Crippen molar-refractivity contribution in [1.82, 2.24) is 4.90 Å². The summed E-state index contributed by atoms with van der Waals surface area (Å²) in [7, 11) is 2.63. The molecule has 0 aliphatic carbocycles. The molecule has 5 heteroatoms. The number of halogens is 4. The first-order chi connectivity index (χ1) is 4.36. The second kappa shape index (κ2) is 3.18. The lowest BCUT2D eigenvalue weighted by atomic mass is 10.3. The third kappa shape index (κ3) is 3.00. The van der Waals surface area contributed by atoms with Crippen molar-refractivity contribution in [1.29, 1.82) is 0 Å². The molecule has 0 unspecified atom stereocenters. The minimum Gasteiger partial charge on any atom is -0.303 e. The summed E-state index contributed by atoms with van der Waals surface area (Å²) in [6.07, 6.45) is -3.57. The molecule has 0 bridgehead atoms. The lowest BCUT2D eigenvalue weighted by molar-refractivity contribution is -0.137. The van der Waals surface area contributed by atoms with E-state index < -0.39 is 18.9 Å². The largest absolute Gasteiger partial charge is 0.319 e. The number of hydrogen-bond donors (Lipinski definition) is 0. The van der Waals surface area contributed by atoms with E-state index in [2.05, 4.69) is 0 Å². The molecule has 0 saturated carbocycles. The Labute approximate surface area is 56.6 Å². The van der Waals surface area contributed by atoms with E-state index in [1.165, 1.54) is 14.1 Å². The van der Waals surface area contributed by atoms with Gasteiger partial charge in [0.2, 0.25) is 0 Å². The Bertz CT molecular complexity index is 102. The Balaban J connectivity index is 3.87. The van der Waals surface area contributed by atoms with Crippen LogP contribution in [0.5, 0.6) is 0 Å². The Morgan fingerprint density at radius 1 is 1.30 bits per heavy atom. The monoisotopic (exact) mass is 159 g/mol. The molecule has 0 atom stereocenters. The van der Waals surface area contributed by atoms with Crippen LogP contribution in [0.1, 0.15) is 0 Å². The first-order valence-corrected chi connectivity index (χ1v) is 2.67. The van der Waals surface area contributed by atoms with E-state index in [1.54, 1.807) is 0 Å². The van der Waals surface area contributed by atoms with Crippen LogP contribution in [0, 0.1) is 0 Å². The smallest absolute Gasteiger partial charge is 0.303 e. The maximum Gasteiger partial charge on any atom is 0.319 e. The SMILES string of the molecule is CN(C)CC(F)(F)C(F)F. The Kier molecular flexibility index (Phi) is 3.08. The third-order valence-corrected chi connectivity index (χ3v) is 0.846. The molecule has 0 rings (SSSR count). The Morgan fingerprint density at radius 2 is 1.70 bits per heavy atom. The van der Waals surface area contributed by atoms with Crippen LogP contribution in [0.25, 0.3) is 0 Å². The standard InChI is InChI=1S/C5H9F4N/c1-10(2)3-5(8,9)4(6)7/h4H,3H2,1-2H3. The van der Waals surface area contributed by atoms with Gasteiger partial charge < -0.3 is 4.90 Å². The van der Waals surface area contributed by atoms with Gasteiger partial charge in [0, 0.05) is 0 Å². The lowest BCUT2D eigenvalue weighted by Crippen LogP contribution is -2.38. The van der Waals surface area contributed by atoms with Gasteiger partial charge in [0.15, 0.2) is 0 Å². The fourth-order valence-corrected chi connectivity index (χ4v) is 0.491. The summed E-state index contributed by atoms with van der Waals surface area (Å²) >= 11 is 0. The molecule has 0 radical (unpaired) electrons. The Morgan fingerprint density at radius 3 is 1.80 bits per heavy atom. The van der Waals surface area contributed by atoms with Gasteiger partial charge in [-0.25, -0.2) is 8.78 Å². The zero-order valence-corrected chi connectivity index (χ0v) is 5.74. The van der Waals surface area contributed by atoms with Crippen LogP contribution in [0.2, 0.25) is 0 Å². The minimum absolute atomic E-state index is 0.912. The molecule has 0 aromatic carbocycles. The zero-order chi connectivity index (χ0) is 8.36. The van der Waals surface area contributed by atoms with Crippen molar-refractivity contribution in [2.24, 2.45) is 0 Å². The molecule has 0 aromatic heterocycles. The first kappa shape index (κ1) is 9.68. The topological polar surface area (TPSA) is 3.24 Å². The van der Waals surface area contributed by atoms with Crippen molar-refractivity contribution in [3.8, 4) is 0 Å². The predicted octanol–water partition coefficient (Wildman–Crippen LogP) is 1.45. The highest BCUT2D eigenvalue weighted by molar-refractivity contribution is 4.71. The van der Waals surface area contributed by atoms with Gasteiger partial charge in [-0.1, -0.05) is 0 Å². The second-order valence-corrected chi connectivity index (χ2v) is 2.30. The molecule has 1 nitrogen and oxygen atoms in total. The van der Waals surface area contributed by atoms with E-state index in [1.807, 2.05) is 0 Å². The maximum atomic E-state index is 12.0. The number of alkyl halides is 4. The molecule has 0 heterocycles. The van der Waals surface area contributed by atoms with Gasteiger partial charge in [0.05, 0.1) is 6.54 Å². The predicted molar refractivity (Wildman–Crippen MR) is 29.5 cm³/mol. The van der Waals surface area contributed by atoms with Crippen LogP contribution in [0.15, 0.2) is 0 Å². The zero-order valence-electron chi connectivity index (χ0n) is 5.74. The molecule has 0 N–H and O–H groups in total. The molecular weight excluding hydrogens is 150 g/mol. The van der Waals surface area contributed by atoms with Crippen molar-refractivity contribution in [3.05, 3.63) is 0 Å². The van der Waals surface area contributed by atoms with Crippen molar-refractivity contribution < 1.29 is 17.6 Å². The minimum atomic E-state index is -3.89. The molecule has 0 aliphatic heterocycles. The summed E-state index contributed by atoms with van der Waals surface area (Å²) in [5.74, 6) is -3.89. The van der Waals surface area contributed by atoms with Crippen LogP contribution in [0.3, 0.4) is 0 Å². The van der Waals surface area contributed by atoms with Crippen LogP contribution >= 0.6 is 0 Å². The van der Waals surface area contributed by atoms with Crippen molar-refractivity contribution in [2.45, 2.75) is 12.3 Å². The average molecular weight is 159 g/mol. The van der Waals surface area contributed by atoms with Gasteiger partial charge in [-0.15, -0.1) is 0 Å². The maximum absolute atomic E-state index is 12.0. The highest BCUT2D eigenvalue weighted by Gasteiger charge is 2.40. The highest BCUT2D eigenvalue weighted by atomic mass is 19.3. The van der Waals surface area contributed by atoms with Crippen LogP contribution < -0.4 is 0 Å². The molecule has 0 aliphatic rings. The third-order valence-electron chi connectivity index (χ3n) is 0.846. The molecule has 62 valence electrons. The van der Waals surface area contributed by atoms with Crippen molar-refractivity contribution >= 4 is 0 Å². The van der Waals surface area contributed by atoms with Gasteiger partial charge in [-0.05, 0) is 14.1 Å². The number of rotatable bonds is 3. The van der Waals surface area contributed by atoms with Gasteiger partial charge in [-0.3, -0.25) is 0 Å². The lowest BCUT2D eigenvalue weighted by Gasteiger charge is -2.18. The molecule has 0 aromatic rings. The molecule has 0 fully saturated rings. The first-order valence-electron chi connectivity index (χ1n) is 2.67. The quantitative estimate of drug-likeness (QED) is 0.563. The van der Waals surface area contributed by atoms with E-state index in [9.17, 15) is 17.6 Å². The van der Waals surface area contributed by atoms with E-state index in [0.717, 1.165) is 4.90 Å². The Hall–Kier alpha value is -0.320. The summed E-state index contributed by atoms with van der Waals surface area (Å²) in [5, 5.41) is 0. The summed E-state index contributed by atoms with van der Waals surface area (Å²) < 4.78 is 46.8. The molecule has 10 heavy (non-hydrogen) atoms. The van der Waals surface area contributed by atoms with Gasteiger partial charge in [0.1, 0.15) is 0 Å². The van der Waals surface area contributed by atoms with Crippen LogP contribution in [-0.2, 0) is 0 Å². The molecule has 0 saturated heterocycles. The van der Waals surface area contributed by atoms with Crippen molar-refractivity contribution in [2.75, 3.05) is 20.6 Å². The highest BCUT2D eigenvalue weighted by Crippen LogP contribution is 2.22. The summed E-state index contributed by atoms with van der Waals surface area (Å²) in [4.78, 5) is 1.02. The van der Waals surface area contributed by atoms with Crippen LogP contribution in [-0.4, -0.2) is 37.9 Å². The van der Waals surface area contributed by atoms with Crippen molar-refractivity contribution in [3.63, 3.8) is 0 Å². The molecule has 0 amide bonds. The summed E-state index contributed by atoms with van der Waals surface area (Å²) in [6.45, 7) is -0.912. The molecule has 0 spiro atoms. The fourth-order valence-electron chi connectivity index (χ4n) is 0.491. The van der Waals surface area contributed by atoms with Crippen LogP contribution in [0.4, 0.5) is 17.6 Å². The van der Waals surface area contributed by atoms with Gasteiger partial charge >= 0.3 is 12.3 Å². The summed E-state index contributed by atoms with van der Waals surface area (Å²) in [6, 6.07) is 0.